The van der Waals surface area contributed by atoms with Crippen molar-refractivity contribution in [1.82, 2.24) is 15.1 Å². The Bertz CT molecular complexity index is 633. The topological polar surface area (TPSA) is 65.0 Å². The molecule has 0 unspecified atom stereocenters. The van der Waals surface area contributed by atoms with Gasteiger partial charge in [0.2, 0.25) is 5.82 Å². The Hall–Kier alpha value is -1.95. The molecule has 0 fully saturated rings. The first-order valence-electron chi connectivity index (χ1n) is 4.83. The predicted molar refractivity (Wildman–Crippen MR) is 62.9 cm³/mol. The number of halogens is 1. The van der Waals surface area contributed by atoms with Crippen molar-refractivity contribution in [3.05, 3.63) is 41.3 Å². The van der Waals surface area contributed by atoms with Crippen LogP contribution in [0.4, 0.5) is 0 Å². The van der Waals surface area contributed by atoms with Crippen molar-refractivity contribution in [3.8, 4) is 23.0 Å². The van der Waals surface area contributed by atoms with E-state index in [-0.39, 0.29) is 0 Å². The Labute approximate surface area is 105 Å². The van der Waals surface area contributed by atoms with E-state index >= 15 is 0 Å². The molecular weight excluding hydrogens is 286 g/mol. The van der Waals surface area contributed by atoms with Crippen LogP contribution in [0.15, 0.2) is 50.3 Å². The van der Waals surface area contributed by atoms with E-state index in [1.54, 1.807) is 36.7 Å². The lowest BCUT2D eigenvalue weighted by Gasteiger charge is -1.89. The maximum atomic E-state index is 5.34. The van der Waals surface area contributed by atoms with Gasteiger partial charge in [-0.1, -0.05) is 5.16 Å². The maximum Gasteiger partial charge on any atom is 0.258 e. The molecule has 17 heavy (non-hydrogen) atoms. The Morgan fingerprint density at radius 3 is 2.59 bits per heavy atom. The molecule has 6 heteroatoms. The minimum absolute atomic E-state index is 0.419. The van der Waals surface area contributed by atoms with Crippen molar-refractivity contribution >= 4 is 15.9 Å². The molecule has 84 valence electrons. The second-order valence-corrected chi connectivity index (χ2v) is 4.04. The van der Waals surface area contributed by atoms with Gasteiger partial charge in [0, 0.05) is 18.0 Å². The number of aromatic nitrogens is 3. The zero-order valence-electron chi connectivity index (χ0n) is 8.50. The number of rotatable bonds is 2. The molecule has 3 rings (SSSR count). The molecule has 0 spiro atoms. The van der Waals surface area contributed by atoms with E-state index < -0.39 is 0 Å². The van der Waals surface area contributed by atoms with E-state index in [0.29, 0.717) is 22.1 Å². The Kier molecular flexibility index (Phi) is 2.49. The molecule has 0 atom stereocenters. The van der Waals surface area contributed by atoms with Crippen LogP contribution in [-0.4, -0.2) is 15.1 Å². The fourth-order valence-corrected chi connectivity index (χ4v) is 1.68. The van der Waals surface area contributed by atoms with E-state index in [1.165, 1.54) is 0 Å². The highest BCUT2D eigenvalue weighted by molar-refractivity contribution is 9.10. The third-order valence-electron chi connectivity index (χ3n) is 2.15. The summed E-state index contributed by atoms with van der Waals surface area (Å²) < 4.78 is 11.1. The summed E-state index contributed by atoms with van der Waals surface area (Å²) >= 11 is 3.22. The number of hydrogen-bond acceptors (Lipinski definition) is 5. The summed E-state index contributed by atoms with van der Waals surface area (Å²) in [7, 11) is 0. The van der Waals surface area contributed by atoms with Gasteiger partial charge in [0.15, 0.2) is 10.4 Å². The van der Waals surface area contributed by atoms with Gasteiger partial charge in [-0.2, -0.15) is 4.98 Å². The van der Waals surface area contributed by atoms with Crippen LogP contribution < -0.4 is 0 Å². The number of nitrogens with zero attached hydrogens (tertiary/aromatic N) is 3. The molecule has 5 nitrogen and oxygen atoms in total. The second kappa shape index (κ2) is 4.14. The molecule has 0 aliphatic carbocycles. The molecule has 0 saturated carbocycles. The zero-order valence-corrected chi connectivity index (χ0v) is 10.1. The summed E-state index contributed by atoms with van der Waals surface area (Å²) in [5.41, 5.74) is 0.823. The quantitative estimate of drug-likeness (QED) is 0.726. The number of furan rings is 1. The fraction of sp³-hybridized carbons (Fsp3) is 0. The van der Waals surface area contributed by atoms with Crippen molar-refractivity contribution in [2.75, 3.05) is 0 Å². The Balaban J connectivity index is 1.99. The molecule has 0 saturated heterocycles. The van der Waals surface area contributed by atoms with Crippen LogP contribution in [0, 0.1) is 0 Å². The van der Waals surface area contributed by atoms with Gasteiger partial charge < -0.3 is 8.94 Å². The highest BCUT2D eigenvalue weighted by Crippen LogP contribution is 2.25. The summed E-state index contributed by atoms with van der Waals surface area (Å²) in [6.07, 6.45) is 3.34. The van der Waals surface area contributed by atoms with Gasteiger partial charge in [0.25, 0.3) is 5.89 Å². The number of hydrogen-bond donors (Lipinski definition) is 0. The van der Waals surface area contributed by atoms with Gasteiger partial charge in [-0.3, -0.25) is 4.98 Å². The molecule has 0 bridgehead atoms. The summed E-state index contributed by atoms with van der Waals surface area (Å²) in [5, 5.41) is 3.86. The molecule has 3 heterocycles. The minimum Gasteiger partial charge on any atom is -0.446 e. The van der Waals surface area contributed by atoms with E-state index in [4.69, 9.17) is 8.94 Å². The van der Waals surface area contributed by atoms with Gasteiger partial charge >= 0.3 is 0 Å². The summed E-state index contributed by atoms with van der Waals surface area (Å²) in [6.45, 7) is 0. The van der Waals surface area contributed by atoms with Crippen LogP contribution in [0.2, 0.25) is 0 Å². The largest absolute Gasteiger partial charge is 0.446 e. The monoisotopic (exact) mass is 291 g/mol. The van der Waals surface area contributed by atoms with Gasteiger partial charge in [-0.25, -0.2) is 0 Å². The highest BCUT2D eigenvalue weighted by atomic mass is 79.9. The molecule has 3 aromatic heterocycles. The molecule has 0 aromatic carbocycles. The summed E-state index contributed by atoms with van der Waals surface area (Å²) in [5.74, 6) is 1.42. The average Bonchev–Trinajstić information content (AvgIpc) is 2.98. The van der Waals surface area contributed by atoms with Crippen molar-refractivity contribution in [2.24, 2.45) is 0 Å². The van der Waals surface area contributed by atoms with E-state index in [0.717, 1.165) is 5.56 Å². The van der Waals surface area contributed by atoms with E-state index in [1.807, 2.05) is 0 Å². The molecule has 0 radical (unpaired) electrons. The third-order valence-corrected chi connectivity index (χ3v) is 2.57. The molecule has 0 aliphatic heterocycles. The van der Waals surface area contributed by atoms with Crippen LogP contribution >= 0.6 is 15.9 Å². The van der Waals surface area contributed by atoms with Crippen LogP contribution in [0.1, 0.15) is 0 Å². The van der Waals surface area contributed by atoms with E-state index in [2.05, 4.69) is 31.1 Å². The van der Waals surface area contributed by atoms with Crippen LogP contribution in [0.25, 0.3) is 23.0 Å². The van der Waals surface area contributed by atoms with Crippen molar-refractivity contribution in [2.45, 2.75) is 0 Å². The lowest BCUT2D eigenvalue weighted by Crippen LogP contribution is -1.79. The standard InChI is InChI=1S/C11H6BrN3O2/c12-9-2-1-8(16-9)10-14-11(17-15-10)7-3-5-13-6-4-7/h1-6H. The van der Waals surface area contributed by atoms with Gasteiger partial charge in [0.05, 0.1) is 0 Å². The van der Waals surface area contributed by atoms with Crippen molar-refractivity contribution < 1.29 is 8.94 Å². The Morgan fingerprint density at radius 1 is 1.06 bits per heavy atom. The predicted octanol–water partition coefficient (Wildman–Crippen LogP) is 3.15. The summed E-state index contributed by atoms with van der Waals surface area (Å²) in [6, 6.07) is 7.15. The van der Waals surface area contributed by atoms with Crippen LogP contribution in [0.5, 0.6) is 0 Å². The number of pyridine rings is 1. The first-order valence-corrected chi connectivity index (χ1v) is 5.62. The fourth-order valence-electron chi connectivity index (χ4n) is 1.37. The lowest BCUT2D eigenvalue weighted by molar-refractivity contribution is 0.429. The molecule has 0 aliphatic rings. The molecular formula is C11H6BrN3O2. The molecule has 0 N–H and O–H groups in total. The summed E-state index contributed by atoms with van der Waals surface area (Å²) in [4.78, 5) is 8.17. The highest BCUT2D eigenvalue weighted by Gasteiger charge is 2.13. The first kappa shape index (κ1) is 10.2. The lowest BCUT2D eigenvalue weighted by atomic mass is 10.3. The normalized spacial score (nSPS) is 10.6. The van der Waals surface area contributed by atoms with Gasteiger partial charge in [0.1, 0.15) is 0 Å². The zero-order chi connectivity index (χ0) is 11.7. The average molecular weight is 292 g/mol. The second-order valence-electron chi connectivity index (χ2n) is 3.26. The van der Waals surface area contributed by atoms with Crippen molar-refractivity contribution in [1.29, 1.82) is 0 Å². The molecule has 3 aromatic rings. The SMILES string of the molecule is Brc1ccc(-c2noc(-c3ccncc3)n2)o1. The minimum atomic E-state index is 0.419. The Morgan fingerprint density at radius 2 is 1.88 bits per heavy atom. The first-order chi connectivity index (χ1) is 8.33. The molecule has 0 amide bonds. The van der Waals surface area contributed by atoms with Crippen LogP contribution in [0.3, 0.4) is 0 Å². The van der Waals surface area contributed by atoms with E-state index in [9.17, 15) is 0 Å². The maximum absolute atomic E-state index is 5.34. The van der Waals surface area contributed by atoms with Gasteiger partial charge in [-0.15, -0.1) is 0 Å². The van der Waals surface area contributed by atoms with Crippen molar-refractivity contribution in [3.63, 3.8) is 0 Å². The smallest absolute Gasteiger partial charge is 0.258 e. The van der Waals surface area contributed by atoms with Gasteiger partial charge in [-0.05, 0) is 40.2 Å². The third kappa shape index (κ3) is 1.99. The van der Waals surface area contributed by atoms with Crippen LogP contribution in [-0.2, 0) is 0 Å².